The third-order valence-electron chi connectivity index (χ3n) is 2.32. The molecule has 1 aromatic carbocycles. The molecule has 1 rings (SSSR count). The first-order valence-corrected chi connectivity index (χ1v) is 5.74. The van der Waals surface area contributed by atoms with Crippen molar-refractivity contribution in [2.24, 2.45) is 0 Å². The summed E-state index contributed by atoms with van der Waals surface area (Å²) in [5.74, 6) is -1.52. The van der Waals surface area contributed by atoms with Crippen LogP contribution in [-0.2, 0) is 6.18 Å². The third kappa shape index (κ3) is 5.17. The fourth-order valence-electron chi connectivity index (χ4n) is 1.39. The Morgan fingerprint density at radius 3 is 2.38 bits per heavy atom. The van der Waals surface area contributed by atoms with Crippen LogP contribution in [0.3, 0.4) is 0 Å². The van der Waals surface area contributed by atoms with Gasteiger partial charge < -0.3 is 15.7 Å². The van der Waals surface area contributed by atoms with E-state index in [4.69, 9.17) is 5.11 Å². The summed E-state index contributed by atoms with van der Waals surface area (Å²) in [7, 11) is 0. The fraction of sp³-hybridized carbons (Fsp3) is 0.231. The summed E-state index contributed by atoms with van der Waals surface area (Å²) < 4.78 is 38.0. The first kappa shape index (κ1) is 16.5. The molecule has 1 aromatic rings. The molecule has 3 N–H and O–H groups in total. The Labute approximate surface area is 118 Å². The predicted molar refractivity (Wildman–Crippen MR) is 70.2 cm³/mol. The molecule has 0 aliphatic rings. The van der Waals surface area contributed by atoms with Crippen LogP contribution in [0, 0.1) is 0 Å². The molecule has 2 amide bonds. The molecule has 114 valence electrons. The highest BCUT2D eigenvalue weighted by Gasteiger charge is 2.32. The van der Waals surface area contributed by atoms with Crippen LogP contribution in [0.1, 0.15) is 22.8 Å². The van der Waals surface area contributed by atoms with Gasteiger partial charge in [0, 0.05) is 12.2 Å². The minimum Gasteiger partial charge on any atom is -0.478 e. The van der Waals surface area contributed by atoms with E-state index < -0.39 is 29.3 Å². The number of hydrogen-bond donors (Lipinski definition) is 3. The molecule has 8 heteroatoms. The van der Waals surface area contributed by atoms with E-state index in [1.54, 1.807) is 6.92 Å². The fourth-order valence-corrected chi connectivity index (χ4v) is 1.39. The number of carbonyl (C=O) groups is 2. The lowest BCUT2D eigenvalue weighted by molar-refractivity contribution is -0.137. The van der Waals surface area contributed by atoms with E-state index in [9.17, 15) is 22.8 Å². The van der Waals surface area contributed by atoms with Gasteiger partial charge in [0.05, 0.1) is 11.1 Å². The number of halogens is 3. The van der Waals surface area contributed by atoms with Crippen LogP contribution in [0.15, 0.2) is 30.4 Å². The summed E-state index contributed by atoms with van der Waals surface area (Å²) in [6.45, 7) is 5.36. The van der Waals surface area contributed by atoms with Gasteiger partial charge in [-0.05, 0) is 25.1 Å². The number of aromatic carboxylic acids is 1. The van der Waals surface area contributed by atoms with Crippen molar-refractivity contribution >= 4 is 17.7 Å². The molecule has 0 aliphatic carbocycles. The zero-order valence-electron chi connectivity index (χ0n) is 11.0. The molecule has 0 spiro atoms. The van der Waals surface area contributed by atoms with Crippen molar-refractivity contribution < 1.29 is 27.9 Å². The second-order valence-corrected chi connectivity index (χ2v) is 4.37. The first-order valence-electron chi connectivity index (χ1n) is 5.74. The highest BCUT2D eigenvalue weighted by molar-refractivity contribution is 5.93. The normalized spacial score (nSPS) is 10.9. The van der Waals surface area contributed by atoms with Gasteiger partial charge >= 0.3 is 18.2 Å². The highest BCUT2D eigenvalue weighted by atomic mass is 19.4. The number of carbonyl (C=O) groups excluding carboxylic acids is 1. The number of amides is 2. The van der Waals surface area contributed by atoms with Crippen LogP contribution < -0.4 is 10.6 Å². The van der Waals surface area contributed by atoms with Gasteiger partial charge in [0.1, 0.15) is 0 Å². The van der Waals surface area contributed by atoms with E-state index in [0.29, 0.717) is 17.7 Å². The number of rotatable bonds is 4. The molecule has 0 atom stereocenters. The molecule has 0 saturated heterocycles. The van der Waals surface area contributed by atoms with Gasteiger partial charge in [-0.1, -0.05) is 12.2 Å². The molecular weight excluding hydrogens is 289 g/mol. The minimum absolute atomic E-state index is 0.149. The standard InChI is InChI=1S/C13H13F3N2O3/c1-7(2)6-17-12(21)18-10-4-8(11(19)20)3-9(5-10)13(14,15)16/h3-5H,1,6H2,2H3,(H,19,20)(H2,17,18,21). The number of benzene rings is 1. The molecule has 0 aliphatic heterocycles. The third-order valence-corrected chi connectivity index (χ3v) is 2.32. The van der Waals surface area contributed by atoms with Crippen molar-refractivity contribution in [3.8, 4) is 0 Å². The monoisotopic (exact) mass is 302 g/mol. The van der Waals surface area contributed by atoms with Crippen LogP contribution in [0.2, 0.25) is 0 Å². The first-order chi connectivity index (χ1) is 9.59. The molecule has 0 unspecified atom stereocenters. The molecule has 5 nitrogen and oxygen atoms in total. The number of hydrogen-bond acceptors (Lipinski definition) is 2. The summed E-state index contributed by atoms with van der Waals surface area (Å²) in [6, 6.07) is 1.35. The second kappa shape index (κ2) is 6.29. The number of carboxylic acids is 1. The maximum Gasteiger partial charge on any atom is 0.416 e. The minimum atomic E-state index is -4.71. The summed E-state index contributed by atoms with van der Waals surface area (Å²) in [4.78, 5) is 22.3. The maximum absolute atomic E-state index is 12.7. The van der Waals surface area contributed by atoms with Crippen molar-refractivity contribution in [1.82, 2.24) is 5.32 Å². The Bertz CT molecular complexity index is 583. The molecule has 0 radical (unpaired) electrons. The van der Waals surface area contributed by atoms with E-state index in [0.717, 1.165) is 6.07 Å². The number of carboxylic acid groups (broad SMARTS) is 1. The lowest BCUT2D eigenvalue weighted by atomic mass is 10.1. The van der Waals surface area contributed by atoms with E-state index in [1.807, 2.05) is 0 Å². The van der Waals surface area contributed by atoms with Gasteiger partial charge in [0.2, 0.25) is 0 Å². The zero-order valence-corrected chi connectivity index (χ0v) is 11.0. The van der Waals surface area contributed by atoms with Gasteiger partial charge in [-0.3, -0.25) is 0 Å². The van der Waals surface area contributed by atoms with Gasteiger partial charge in [-0.25, -0.2) is 9.59 Å². The van der Waals surface area contributed by atoms with Crippen molar-refractivity contribution in [3.63, 3.8) is 0 Å². The summed E-state index contributed by atoms with van der Waals surface area (Å²) in [5.41, 5.74) is -1.33. The van der Waals surface area contributed by atoms with Crippen LogP contribution >= 0.6 is 0 Å². The number of alkyl halides is 3. The van der Waals surface area contributed by atoms with Gasteiger partial charge in [0.15, 0.2) is 0 Å². The Morgan fingerprint density at radius 2 is 1.90 bits per heavy atom. The van der Waals surface area contributed by atoms with E-state index >= 15 is 0 Å². The largest absolute Gasteiger partial charge is 0.478 e. The van der Waals surface area contributed by atoms with E-state index in [1.165, 1.54) is 0 Å². The Balaban J connectivity index is 3.01. The molecule has 0 heterocycles. The Hall–Kier alpha value is -2.51. The van der Waals surface area contributed by atoms with Crippen LogP contribution in [0.25, 0.3) is 0 Å². The van der Waals surface area contributed by atoms with E-state index in [2.05, 4.69) is 17.2 Å². The topological polar surface area (TPSA) is 78.4 Å². The van der Waals surface area contributed by atoms with Crippen LogP contribution in [0.4, 0.5) is 23.7 Å². The van der Waals surface area contributed by atoms with Crippen molar-refractivity contribution in [2.75, 3.05) is 11.9 Å². The number of anilines is 1. The average molecular weight is 302 g/mol. The summed E-state index contributed by atoms with van der Waals surface area (Å²) in [5, 5.41) is 13.3. The zero-order chi connectivity index (χ0) is 16.2. The van der Waals surface area contributed by atoms with Gasteiger partial charge in [0.25, 0.3) is 0 Å². The summed E-state index contributed by atoms with van der Waals surface area (Å²) >= 11 is 0. The smallest absolute Gasteiger partial charge is 0.416 e. The predicted octanol–water partition coefficient (Wildman–Crippen LogP) is 3.10. The average Bonchev–Trinajstić information content (AvgIpc) is 2.34. The van der Waals surface area contributed by atoms with Crippen molar-refractivity contribution in [1.29, 1.82) is 0 Å². The molecule has 0 fully saturated rings. The molecule has 0 bridgehead atoms. The highest BCUT2D eigenvalue weighted by Crippen LogP contribution is 2.32. The molecule has 21 heavy (non-hydrogen) atoms. The van der Waals surface area contributed by atoms with Crippen LogP contribution in [-0.4, -0.2) is 23.7 Å². The lowest BCUT2D eigenvalue weighted by Gasteiger charge is -2.12. The number of urea groups is 1. The van der Waals surface area contributed by atoms with Crippen molar-refractivity contribution in [3.05, 3.63) is 41.5 Å². The lowest BCUT2D eigenvalue weighted by Crippen LogP contribution is -2.30. The Morgan fingerprint density at radius 1 is 1.29 bits per heavy atom. The maximum atomic E-state index is 12.7. The summed E-state index contributed by atoms with van der Waals surface area (Å²) in [6.07, 6.45) is -4.71. The number of nitrogens with one attached hydrogen (secondary N) is 2. The van der Waals surface area contributed by atoms with Crippen molar-refractivity contribution in [2.45, 2.75) is 13.1 Å². The van der Waals surface area contributed by atoms with Gasteiger partial charge in [-0.2, -0.15) is 13.2 Å². The second-order valence-electron chi connectivity index (χ2n) is 4.37. The van der Waals surface area contributed by atoms with Crippen LogP contribution in [0.5, 0.6) is 0 Å². The van der Waals surface area contributed by atoms with E-state index in [-0.39, 0.29) is 12.2 Å². The SMILES string of the molecule is C=C(C)CNC(=O)Nc1cc(C(=O)O)cc(C(F)(F)F)c1. The Kier molecular flexibility index (Phi) is 4.96. The molecule has 0 aromatic heterocycles. The molecule has 0 saturated carbocycles. The van der Waals surface area contributed by atoms with Gasteiger partial charge in [-0.15, -0.1) is 0 Å². The quantitative estimate of drug-likeness (QED) is 0.748. The molecular formula is C13H13F3N2O3.